The fourth-order valence-electron chi connectivity index (χ4n) is 3.20. The van der Waals surface area contributed by atoms with E-state index in [1.165, 1.54) is 16.8 Å². The van der Waals surface area contributed by atoms with Crippen LogP contribution in [0.3, 0.4) is 0 Å². The Bertz CT molecular complexity index is 826. The van der Waals surface area contributed by atoms with Crippen molar-refractivity contribution in [3.8, 4) is 0 Å². The molecule has 1 unspecified atom stereocenters. The first-order valence-electron chi connectivity index (χ1n) is 7.38. The van der Waals surface area contributed by atoms with Gasteiger partial charge in [0.1, 0.15) is 5.65 Å². The molecule has 2 aromatic heterocycles. The molecular formula is C17H17BrN4. The van der Waals surface area contributed by atoms with Crippen molar-refractivity contribution in [1.82, 2.24) is 14.3 Å². The van der Waals surface area contributed by atoms with E-state index >= 15 is 0 Å². The fraction of sp³-hybridized carbons (Fsp3) is 0.235. The molecule has 3 aromatic rings. The lowest BCUT2D eigenvalue weighted by Gasteiger charge is -2.32. The van der Waals surface area contributed by atoms with Crippen molar-refractivity contribution in [1.29, 1.82) is 0 Å². The standard InChI is InChI=1S/C17H17BrN4/c18-13-5-6-22-14(8-20-17(22)7-13)10-21-9-12-3-1-2-4-15(12)16(19)11-21/h1-8,16H,9-11,19H2. The van der Waals surface area contributed by atoms with Gasteiger partial charge in [-0.05, 0) is 23.3 Å². The molecule has 0 saturated heterocycles. The maximum Gasteiger partial charge on any atom is 0.138 e. The summed E-state index contributed by atoms with van der Waals surface area (Å²) in [5, 5.41) is 0. The van der Waals surface area contributed by atoms with Crippen LogP contribution in [0.15, 0.2) is 53.3 Å². The summed E-state index contributed by atoms with van der Waals surface area (Å²) < 4.78 is 3.18. The van der Waals surface area contributed by atoms with Gasteiger partial charge in [0.2, 0.25) is 0 Å². The fourth-order valence-corrected chi connectivity index (χ4v) is 3.52. The number of rotatable bonds is 2. The Balaban J connectivity index is 1.61. The van der Waals surface area contributed by atoms with E-state index in [4.69, 9.17) is 5.73 Å². The Morgan fingerprint density at radius 1 is 1.27 bits per heavy atom. The zero-order valence-electron chi connectivity index (χ0n) is 12.1. The number of nitrogens with zero attached hydrogens (tertiary/aromatic N) is 3. The molecule has 2 N–H and O–H groups in total. The number of nitrogens with two attached hydrogens (primary N) is 1. The Kier molecular flexibility index (Phi) is 3.48. The molecule has 4 nitrogen and oxygen atoms in total. The quantitative estimate of drug-likeness (QED) is 0.767. The van der Waals surface area contributed by atoms with Crippen LogP contribution in [0.25, 0.3) is 5.65 Å². The monoisotopic (exact) mass is 356 g/mol. The second-order valence-electron chi connectivity index (χ2n) is 5.80. The van der Waals surface area contributed by atoms with E-state index in [0.29, 0.717) is 0 Å². The van der Waals surface area contributed by atoms with Gasteiger partial charge in [-0.3, -0.25) is 4.90 Å². The van der Waals surface area contributed by atoms with Gasteiger partial charge in [0.05, 0.1) is 11.9 Å². The SMILES string of the molecule is NC1CN(Cc2cnc3cc(Br)ccn23)Cc2ccccc21. The summed E-state index contributed by atoms with van der Waals surface area (Å²) in [6.07, 6.45) is 4.01. The maximum atomic E-state index is 6.33. The highest BCUT2D eigenvalue weighted by Crippen LogP contribution is 2.26. The minimum atomic E-state index is 0.0817. The van der Waals surface area contributed by atoms with Gasteiger partial charge in [-0.1, -0.05) is 40.2 Å². The predicted octanol–water partition coefficient (Wildman–Crippen LogP) is 3.11. The van der Waals surface area contributed by atoms with Crippen LogP contribution >= 0.6 is 15.9 Å². The Morgan fingerprint density at radius 3 is 3.05 bits per heavy atom. The molecule has 0 fully saturated rings. The third-order valence-corrected chi connectivity index (χ3v) is 4.73. The highest BCUT2D eigenvalue weighted by Gasteiger charge is 2.22. The molecule has 1 aliphatic rings. The van der Waals surface area contributed by atoms with Gasteiger partial charge >= 0.3 is 0 Å². The average Bonchev–Trinajstić information content (AvgIpc) is 2.89. The first kappa shape index (κ1) is 13.9. The highest BCUT2D eigenvalue weighted by atomic mass is 79.9. The number of hydrogen-bond donors (Lipinski definition) is 1. The number of aromatic nitrogens is 2. The third kappa shape index (κ3) is 2.45. The van der Waals surface area contributed by atoms with Crippen LogP contribution in [0.2, 0.25) is 0 Å². The molecule has 0 spiro atoms. The van der Waals surface area contributed by atoms with Gasteiger partial charge < -0.3 is 10.1 Å². The first-order chi connectivity index (χ1) is 10.7. The maximum absolute atomic E-state index is 6.33. The van der Waals surface area contributed by atoms with E-state index in [0.717, 1.165) is 29.8 Å². The lowest BCUT2D eigenvalue weighted by molar-refractivity contribution is 0.220. The first-order valence-corrected chi connectivity index (χ1v) is 8.17. The number of pyridine rings is 1. The lowest BCUT2D eigenvalue weighted by Crippen LogP contribution is -2.36. The minimum Gasteiger partial charge on any atom is -0.323 e. The molecular weight excluding hydrogens is 340 g/mol. The van der Waals surface area contributed by atoms with Crippen LogP contribution < -0.4 is 5.73 Å². The van der Waals surface area contributed by atoms with Crippen LogP contribution in [-0.2, 0) is 13.1 Å². The van der Waals surface area contributed by atoms with Crippen molar-refractivity contribution < 1.29 is 0 Å². The smallest absolute Gasteiger partial charge is 0.138 e. The molecule has 1 aromatic carbocycles. The van der Waals surface area contributed by atoms with Crippen LogP contribution in [0, 0.1) is 0 Å². The Hall–Kier alpha value is -1.69. The van der Waals surface area contributed by atoms with Gasteiger partial charge in [-0.25, -0.2) is 4.98 Å². The molecule has 112 valence electrons. The van der Waals surface area contributed by atoms with Crippen molar-refractivity contribution in [2.75, 3.05) is 6.54 Å². The molecule has 0 saturated carbocycles. The van der Waals surface area contributed by atoms with E-state index in [1.807, 2.05) is 18.3 Å². The van der Waals surface area contributed by atoms with Crippen molar-refractivity contribution >= 4 is 21.6 Å². The van der Waals surface area contributed by atoms with Gasteiger partial charge in [0, 0.05) is 36.3 Å². The van der Waals surface area contributed by atoms with E-state index in [9.17, 15) is 0 Å². The van der Waals surface area contributed by atoms with Crippen LogP contribution in [0.1, 0.15) is 22.9 Å². The van der Waals surface area contributed by atoms with E-state index in [1.54, 1.807) is 0 Å². The number of halogens is 1. The van der Waals surface area contributed by atoms with Gasteiger partial charge in [0.15, 0.2) is 0 Å². The van der Waals surface area contributed by atoms with Crippen molar-refractivity contribution in [3.63, 3.8) is 0 Å². The molecule has 4 rings (SSSR count). The van der Waals surface area contributed by atoms with Crippen LogP contribution in [-0.4, -0.2) is 20.8 Å². The largest absolute Gasteiger partial charge is 0.323 e. The number of hydrogen-bond acceptors (Lipinski definition) is 3. The predicted molar refractivity (Wildman–Crippen MR) is 90.4 cm³/mol. The molecule has 0 amide bonds. The molecule has 0 bridgehead atoms. The summed E-state index contributed by atoms with van der Waals surface area (Å²) in [6.45, 7) is 2.67. The molecule has 22 heavy (non-hydrogen) atoms. The van der Waals surface area contributed by atoms with E-state index in [-0.39, 0.29) is 6.04 Å². The van der Waals surface area contributed by atoms with E-state index < -0.39 is 0 Å². The summed E-state index contributed by atoms with van der Waals surface area (Å²) in [4.78, 5) is 6.87. The Morgan fingerprint density at radius 2 is 2.14 bits per heavy atom. The second-order valence-corrected chi connectivity index (χ2v) is 6.71. The van der Waals surface area contributed by atoms with Crippen LogP contribution in [0.4, 0.5) is 0 Å². The summed E-state index contributed by atoms with van der Waals surface area (Å²) >= 11 is 3.49. The number of benzene rings is 1. The summed E-state index contributed by atoms with van der Waals surface area (Å²) in [6, 6.07) is 12.6. The average molecular weight is 357 g/mol. The van der Waals surface area contributed by atoms with Gasteiger partial charge in [-0.2, -0.15) is 0 Å². The van der Waals surface area contributed by atoms with Gasteiger partial charge in [-0.15, -0.1) is 0 Å². The van der Waals surface area contributed by atoms with E-state index in [2.05, 4.69) is 60.7 Å². The molecule has 1 atom stereocenters. The highest BCUT2D eigenvalue weighted by molar-refractivity contribution is 9.10. The normalized spacial score (nSPS) is 18.5. The zero-order valence-corrected chi connectivity index (χ0v) is 13.7. The molecule has 0 aliphatic carbocycles. The number of imidazole rings is 1. The summed E-state index contributed by atoms with van der Waals surface area (Å²) in [5.74, 6) is 0. The molecule has 0 radical (unpaired) electrons. The van der Waals surface area contributed by atoms with Crippen molar-refractivity contribution in [2.24, 2.45) is 5.73 Å². The van der Waals surface area contributed by atoms with Gasteiger partial charge in [0.25, 0.3) is 0 Å². The van der Waals surface area contributed by atoms with Crippen LogP contribution in [0.5, 0.6) is 0 Å². The van der Waals surface area contributed by atoms with Crippen molar-refractivity contribution in [2.45, 2.75) is 19.1 Å². The summed E-state index contributed by atoms with van der Waals surface area (Å²) in [5.41, 5.74) is 11.1. The summed E-state index contributed by atoms with van der Waals surface area (Å²) in [7, 11) is 0. The molecule has 1 aliphatic heterocycles. The topological polar surface area (TPSA) is 46.6 Å². The zero-order chi connectivity index (χ0) is 15.1. The Labute approximate surface area is 137 Å². The van der Waals surface area contributed by atoms with Crippen molar-refractivity contribution in [3.05, 3.63) is 70.1 Å². The lowest BCUT2D eigenvalue weighted by atomic mass is 9.96. The number of fused-ring (bicyclic) bond motifs is 2. The third-order valence-electron chi connectivity index (χ3n) is 4.24. The minimum absolute atomic E-state index is 0.0817. The molecule has 3 heterocycles. The molecule has 5 heteroatoms. The second kappa shape index (κ2) is 5.50.